The Morgan fingerprint density at radius 2 is 1.88 bits per heavy atom. The summed E-state index contributed by atoms with van der Waals surface area (Å²) in [4.78, 5) is 8.51. The van der Waals surface area contributed by atoms with Gasteiger partial charge in [0, 0.05) is 11.9 Å². The van der Waals surface area contributed by atoms with Gasteiger partial charge >= 0.3 is 0 Å². The molecule has 1 N–H and O–H groups in total. The van der Waals surface area contributed by atoms with Crippen LogP contribution in [0.25, 0.3) is 0 Å². The van der Waals surface area contributed by atoms with E-state index in [-0.39, 0.29) is 5.75 Å². The molecular weight excluding hydrogens is 200 g/mol. The lowest BCUT2D eigenvalue weighted by atomic mass is 10.2. The predicted octanol–water partition coefficient (Wildman–Crippen LogP) is 2.85. The van der Waals surface area contributed by atoms with E-state index in [0.717, 1.165) is 11.3 Å². The molecule has 0 amide bonds. The SMILES string of the molecule is Cc1cccc(N=Cc2ccc(O)cc2)n1. The molecule has 3 heteroatoms. The summed E-state index contributed by atoms with van der Waals surface area (Å²) in [5.41, 5.74) is 1.88. The van der Waals surface area contributed by atoms with Crippen LogP contribution in [0.4, 0.5) is 5.82 Å². The van der Waals surface area contributed by atoms with Crippen LogP contribution in [0.3, 0.4) is 0 Å². The lowest BCUT2D eigenvalue weighted by Crippen LogP contribution is -1.82. The van der Waals surface area contributed by atoms with Crippen LogP contribution >= 0.6 is 0 Å². The number of hydrogen-bond donors (Lipinski definition) is 1. The van der Waals surface area contributed by atoms with Gasteiger partial charge in [-0.15, -0.1) is 0 Å². The lowest BCUT2D eigenvalue weighted by Gasteiger charge is -1.95. The Hall–Kier alpha value is -2.16. The zero-order chi connectivity index (χ0) is 11.4. The standard InChI is InChI=1S/C13H12N2O/c1-10-3-2-4-13(15-10)14-9-11-5-7-12(16)8-6-11/h2-9,16H,1H3. The van der Waals surface area contributed by atoms with Gasteiger partial charge in [0.25, 0.3) is 0 Å². The summed E-state index contributed by atoms with van der Waals surface area (Å²) >= 11 is 0. The molecule has 0 saturated heterocycles. The number of rotatable bonds is 2. The fourth-order valence-electron chi connectivity index (χ4n) is 1.30. The minimum absolute atomic E-state index is 0.255. The van der Waals surface area contributed by atoms with Gasteiger partial charge in [-0.05, 0) is 48.9 Å². The van der Waals surface area contributed by atoms with Crippen molar-refractivity contribution in [3.63, 3.8) is 0 Å². The summed E-state index contributed by atoms with van der Waals surface area (Å²) in [6.07, 6.45) is 1.72. The van der Waals surface area contributed by atoms with E-state index in [1.165, 1.54) is 0 Å². The molecule has 0 fully saturated rings. The van der Waals surface area contributed by atoms with Gasteiger partial charge < -0.3 is 5.11 Å². The van der Waals surface area contributed by atoms with Gasteiger partial charge in [0.15, 0.2) is 5.82 Å². The second-order valence-corrected chi connectivity index (χ2v) is 3.49. The highest BCUT2D eigenvalue weighted by molar-refractivity contribution is 5.81. The van der Waals surface area contributed by atoms with E-state index in [2.05, 4.69) is 9.98 Å². The van der Waals surface area contributed by atoms with Crippen molar-refractivity contribution in [2.45, 2.75) is 6.92 Å². The van der Waals surface area contributed by atoms with Crippen LogP contribution in [0.2, 0.25) is 0 Å². The predicted molar refractivity (Wildman–Crippen MR) is 64.3 cm³/mol. The number of benzene rings is 1. The molecule has 1 aromatic carbocycles. The van der Waals surface area contributed by atoms with E-state index in [1.807, 2.05) is 25.1 Å². The minimum atomic E-state index is 0.255. The fourth-order valence-corrected chi connectivity index (χ4v) is 1.30. The van der Waals surface area contributed by atoms with Gasteiger partial charge in [-0.1, -0.05) is 6.07 Å². The number of aliphatic imine (C=N–C) groups is 1. The van der Waals surface area contributed by atoms with Gasteiger partial charge in [0.05, 0.1) is 0 Å². The van der Waals surface area contributed by atoms with Crippen LogP contribution in [0.1, 0.15) is 11.3 Å². The van der Waals surface area contributed by atoms with Crippen molar-refractivity contribution in [1.29, 1.82) is 0 Å². The van der Waals surface area contributed by atoms with Gasteiger partial charge in [-0.3, -0.25) is 0 Å². The molecule has 0 aliphatic rings. The maximum atomic E-state index is 9.12. The molecule has 3 nitrogen and oxygen atoms in total. The summed E-state index contributed by atoms with van der Waals surface area (Å²) in [6, 6.07) is 12.6. The molecule has 0 aliphatic carbocycles. The molecule has 0 saturated carbocycles. The van der Waals surface area contributed by atoms with Crippen molar-refractivity contribution in [2.24, 2.45) is 4.99 Å². The van der Waals surface area contributed by atoms with Crippen molar-refractivity contribution < 1.29 is 5.11 Å². The Morgan fingerprint density at radius 3 is 2.56 bits per heavy atom. The molecule has 0 atom stereocenters. The van der Waals surface area contributed by atoms with Gasteiger partial charge in [-0.25, -0.2) is 9.98 Å². The quantitative estimate of drug-likeness (QED) is 0.778. The van der Waals surface area contributed by atoms with Gasteiger partial charge in [-0.2, -0.15) is 0 Å². The Balaban J connectivity index is 2.18. The Bertz CT molecular complexity index is 504. The van der Waals surface area contributed by atoms with Gasteiger partial charge in [0.1, 0.15) is 5.75 Å². The molecule has 1 aromatic heterocycles. The minimum Gasteiger partial charge on any atom is -0.508 e. The topological polar surface area (TPSA) is 45.5 Å². The summed E-state index contributed by atoms with van der Waals surface area (Å²) in [7, 11) is 0. The van der Waals surface area contributed by atoms with Crippen LogP contribution < -0.4 is 0 Å². The molecule has 0 aliphatic heterocycles. The number of hydrogen-bond acceptors (Lipinski definition) is 3. The lowest BCUT2D eigenvalue weighted by molar-refractivity contribution is 0.475. The van der Waals surface area contributed by atoms with E-state index in [0.29, 0.717) is 5.82 Å². The molecule has 0 radical (unpaired) electrons. The van der Waals surface area contributed by atoms with E-state index in [1.54, 1.807) is 30.5 Å². The fraction of sp³-hybridized carbons (Fsp3) is 0.0769. The maximum absolute atomic E-state index is 9.12. The number of aryl methyl sites for hydroxylation is 1. The zero-order valence-electron chi connectivity index (χ0n) is 8.96. The van der Waals surface area contributed by atoms with Crippen molar-refractivity contribution >= 4 is 12.0 Å². The molecular formula is C13H12N2O. The van der Waals surface area contributed by atoms with E-state index >= 15 is 0 Å². The highest BCUT2D eigenvalue weighted by atomic mass is 16.3. The number of pyridine rings is 1. The summed E-state index contributed by atoms with van der Waals surface area (Å²) in [6.45, 7) is 1.93. The summed E-state index contributed by atoms with van der Waals surface area (Å²) < 4.78 is 0. The van der Waals surface area contributed by atoms with Crippen molar-refractivity contribution in [2.75, 3.05) is 0 Å². The third-order valence-electron chi connectivity index (χ3n) is 2.11. The van der Waals surface area contributed by atoms with Crippen LogP contribution in [-0.2, 0) is 0 Å². The molecule has 1 heterocycles. The third-order valence-corrected chi connectivity index (χ3v) is 2.11. The Morgan fingerprint density at radius 1 is 1.12 bits per heavy atom. The van der Waals surface area contributed by atoms with Crippen molar-refractivity contribution in [3.05, 3.63) is 53.7 Å². The van der Waals surface area contributed by atoms with Crippen molar-refractivity contribution in [3.8, 4) is 5.75 Å². The first-order valence-corrected chi connectivity index (χ1v) is 5.01. The molecule has 0 unspecified atom stereocenters. The number of phenolic OH excluding ortho intramolecular Hbond substituents is 1. The Labute approximate surface area is 94.1 Å². The van der Waals surface area contributed by atoms with Crippen LogP contribution in [0, 0.1) is 6.92 Å². The summed E-state index contributed by atoms with van der Waals surface area (Å²) in [5.74, 6) is 0.943. The van der Waals surface area contributed by atoms with Crippen LogP contribution in [0.5, 0.6) is 5.75 Å². The van der Waals surface area contributed by atoms with Crippen LogP contribution in [0.15, 0.2) is 47.5 Å². The second kappa shape index (κ2) is 4.57. The molecule has 80 valence electrons. The number of nitrogens with zero attached hydrogens (tertiary/aromatic N) is 2. The number of aromatic hydroxyl groups is 1. The zero-order valence-corrected chi connectivity index (χ0v) is 8.96. The van der Waals surface area contributed by atoms with E-state index in [9.17, 15) is 0 Å². The Kier molecular flexibility index (Phi) is 2.96. The first-order valence-electron chi connectivity index (χ1n) is 5.01. The normalized spacial score (nSPS) is 10.8. The van der Waals surface area contributed by atoms with E-state index < -0.39 is 0 Å². The number of phenols is 1. The van der Waals surface area contributed by atoms with Crippen LogP contribution in [-0.4, -0.2) is 16.3 Å². The average Bonchev–Trinajstić information content (AvgIpc) is 2.28. The second-order valence-electron chi connectivity index (χ2n) is 3.49. The largest absolute Gasteiger partial charge is 0.508 e. The smallest absolute Gasteiger partial charge is 0.152 e. The summed E-state index contributed by atoms with van der Waals surface area (Å²) in [5, 5.41) is 9.12. The molecule has 2 rings (SSSR count). The maximum Gasteiger partial charge on any atom is 0.152 e. The molecule has 16 heavy (non-hydrogen) atoms. The monoisotopic (exact) mass is 212 g/mol. The number of aromatic nitrogens is 1. The molecule has 0 spiro atoms. The first kappa shape index (κ1) is 10.4. The molecule has 2 aromatic rings. The van der Waals surface area contributed by atoms with E-state index in [4.69, 9.17) is 5.11 Å². The molecule has 0 bridgehead atoms. The average molecular weight is 212 g/mol. The highest BCUT2D eigenvalue weighted by Crippen LogP contribution is 2.10. The van der Waals surface area contributed by atoms with Gasteiger partial charge in [0.2, 0.25) is 0 Å². The highest BCUT2D eigenvalue weighted by Gasteiger charge is 1.91. The third kappa shape index (κ3) is 2.67. The van der Waals surface area contributed by atoms with Crippen molar-refractivity contribution in [1.82, 2.24) is 4.98 Å². The first-order chi connectivity index (χ1) is 7.74.